The molecule has 0 saturated carbocycles. The van der Waals surface area contributed by atoms with Gasteiger partial charge in [0.05, 0.1) is 16.7 Å². The van der Waals surface area contributed by atoms with E-state index in [0.717, 1.165) is 4.52 Å². The summed E-state index contributed by atoms with van der Waals surface area (Å²) in [5.41, 5.74) is 0.467. The van der Waals surface area contributed by atoms with E-state index in [4.69, 9.17) is 5.26 Å². The molecule has 9 nitrogen and oxygen atoms in total. The highest BCUT2D eigenvalue weighted by atomic mass is 16.1. The Bertz CT molecular complexity index is 1270. The molecule has 0 atom stereocenters. The van der Waals surface area contributed by atoms with Crippen LogP contribution in [0.4, 0.5) is 0 Å². The van der Waals surface area contributed by atoms with Crippen LogP contribution in [0.25, 0.3) is 28.1 Å². The van der Waals surface area contributed by atoms with Gasteiger partial charge in [-0.25, -0.2) is 4.98 Å². The molecule has 9 heteroatoms. The van der Waals surface area contributed by atoms with E-state index in [1.807, 2.05) is 6.07 Å². The van der Waals surface area contributed by atoms with E-state index in [-0.39, 0.29) is 22.6 Å². The number of hydrogen-bond acceptors (Lipinski definition) is 6. The molecular formula is C15H9N7O2. The van der Waals surface area contributed by atoms with E-state index in [0.29, 0.717) is 16.7 Å². The van der Waals surface area contributed by atoms with Crippen molar-refractivity contribution in [3.05, 3.63) is 56.2 Å². The van der Waals surface area contributed by atoms with E-state index in [9.17, 15) is 9.59 Å². The molecular weight excluding hydrogens is 310 g/mol. The van der Waals surface area contributed by atoms with Gasteiger partial charge in [-0.05, 0) is 19.1 Å². The fourth-order valence-corrected chi connectivity index (χ4v) is 2.52. The number of nitrogens with zero attached hydrogens (tertiary/aromatic N) is 5. The van der Waals surface area contributed by atoms with Crippen LogP contribution < -0.4 is 11.1 Å². The number of rotatable bonds is 1. The van der Waals surface area contributed by atoms with Crippen LogP contribution in [0.15, 0.2) is 33.9 Å². The number of fused-ring (bicyclic) bond motifs is 2. The van der Waals surface area contributed by atoms with E-state index < -0.39 is 11.1 Å². The summed E-state index contributed by atoms with van der Waals surface area (Å²) < 4.78 is 1.09. The molecule has 3 heterocycles. The van der Waals surface area contributed by atoms with Crippen LogP contribution in [-0.4, -0.2) is 29.8 Å². The molecule has 3 aromatic heterocycles. The van der Waals surface area contributed by atoms with Crippen molar-refractivity contribution < 1.29 is 0 Å². The number of H-pyrrole nitrogens is 2. The zero-order chi connectivity index (χ0) is 16.8. The summed E-state index contributed by atoms with van der Waals surface area (Å²) in [5.74, 6) is 0. The maximum absolute atomic E-state index is 12.6. The summed E-state index contributed by atoms with van der Waals surface area (Å²) in [6.07, 6.45) is 0. The molecule has 0 saturated heterocycles. The number of nitriles is 1. The van der Waals surface area contributed by atoms with Crippen LogP contribution in [0.2, 0.25) is 0 Å². The lowest BCUT2D eigenvalue weighted by atomic mass is 10.2. The predicted octanol–water partition coefficient (Wildman–Crippen LogP) is 0.501. The zero-order valence-corrected chi connectivity index (χ0v) is 12.4. The molecule has 4 aromatic rings. The van der Waals surface area contributed by atoms with Gasteiger partial charge in [-0.15, -0.1) is 10.2 Å². The number of aromatic amines is 2. The molecule has 0 radical (unpaired) electrons. The van der Waals surface area contributed by atoms with E-state index in [1.54, 1.807) is 31.2 Å². The Morgan fingerprint density at radius 3 is 2.75 bits per heavy atom. The molecule has 2 N–H and O–H groups in total. The highest BCUT2D eigenvalue weighted by Crippen LogP contribution is 2.13. The van der Waals surface area contributed by atoms with Gasteiger partial charge in [0.25, 0.3) is 5.56 Å². The quantitative estimate of drug-likeness (QED) is 0.525. The van der Waals surface area contributed by atoms with Crippen molar-refractivity contribution >= 4 is 16.7 Å². The second kappa shape index (κ2) is 4.85. The monoisotopic (exact) mass is 319 g/mol. The third-order valence-electron chi connectivity index (χ3n) is 3.68. The first-order chi connectivity index (χ1) is 11.6. The Kier molecular flexibility index (Phi) is 2.80. The van der Waals surface area contributed by atoms with Gasteiger partial charge < -0.3 is 4.98 Å². The number of para-hydroxylation sites is 2. The van der Waals surface area contributed by atoms with Crippen LogP contribution in [0.3, 0.4) is 0 Å². The van der Waals surface area contributed by atoms with Gasteiger partial charge in [-0.3, -0.25) is 14.7 Å². The van der Waals surface area contributed by atoms with Gasteiger partial charge >= 0.3 is 5.56 Å². The van der Waals surface area contributed by atoms with Gasteiger partial charge in [0.1, 0.15) is 11.6 Å². The highest BCUT2D eigenvalue weighted by molar-refractivity contribution is 5.76. The molecule has 1 aromatic carbocycles. The summed E-state index contributed by atoms with van der Waals surface area (Å²) in [7, 11) is 0. The minimum atomic E-state index is -0.599. The molecule has 24 heavy (non-hydrogen) atoms. The molecule has 0 fully saturated rings. The second-order valence-electron chi connectivity index (χ2n) is 5.17. The maximum atomic E-state index is 12.6. The van der Waals surface area contributed by atoms with Crippen molar-refractivity contribution in [2.45, 2.75) is 6.92 Å². The SMILES string of the molecule is Cc1[nH]n2c(=O)c(-c3nc4ccccc4[nH]c3=O)nnc2c1C#N. The molecule has 0 aliphatic carbocycles. The largest absolute Gasteiger partial charge is 0.319 e. The van der Waals surface area contributed by atoms with Crippen molar-refractivity contribution in [1.29, 1.82) is 5.26 Å². The van der Waals surface area contributed by atoms with Crippen LogP contribution in [-0.2, 0) is 0 Å². The first kappa shape index (κ1) is 13.8. The van der Waals surface area contributed by atoms with Crippen molar-refractivity contribution in [1.82, 2.24) is 29.8 Å². The van der Waals surface area contributed by atoms with E-state index >= 15 is 0 Å². The van der Waals surface area contributed by atoms with Crippen molar-refractivity contribution in [3.63, 3.8) is 0 Å². The molecule has 0 spiro atoms. The molecule has 4 rings (SSSR count). The van der Waals surface area contributed by atoms with Crippen LogP contribution in [0.1, 0.15) is 11.3 Å². The number of hydrogen-bond donors (Lipinski definition) is 2. The first-order valence-corrected chi connectivity index (χ1v) is 6.97. The zero-order valence-electron chi connectivity index (χ0n) is 12.4. The Labute approximate surface area is 133 Å². The third kappa shape index (κ3) is 1.83. The summed E-state index contributed by atoms with van der Waals surface area (Å²) in [6, 6.07) is 8.93. The summed E-state index contributed by atoms with van der Waals surface area (Å²) in [4.78, 5) is 31.8. The number of aryl methyl sites for hydroxylation is 1. The summed E-state index contributed by atoms with van der Waals surface area (Å²) >= 11 is 0. The van der Waals surface area contributed by atoms with Gasteiger partial charge in [-0.1, -0.05) is 12.1 Å². The average Bonchev–Trinajstić information content (AvgIpc) is 2.91. The first-order valence-electron chi connectivity index (χ1n) is 6.97. The number of nitrogens with one attached hydrogen (secondary N) is 2. The standard InChI is InChI=1S/C15H9N7O2/c1-7-8(6-16)13-20-19-12(15(24)22(13)21-7)11-14(23)18-10-5-3-2-4-9(10)17-11/h2-5,21H,1H3,(H,18,23). The van der Waals surface area contributed by atoms with Crippen LogP contribution in [0.5, 0.6) is 0 Å². The molecule has 0 amide bonds. The van der Waals surface area contributed by atoms with Gasteiger partial charge in [0.2, 0.25) is 0 Å². The Morgan fingerprint density at radius 1 is 1.17 bits per heavy atom. The Hall–Kier alpha value is -3.80. The van der Waals surface area contributed by atoms with Crippen molar-refractivity contribution in [2.75, 3.05) is 0 Å². The topological polar surface area (TPSA) is 133 Å². The van der Waals surface area contributed by atoms with Gasteiger partial charge in [-0.2, -0.15) is 9.78 Å². The lowest BCUT2D eigenvalue weighted by molar-refractivity contribution is 0.843. The number of benzene rings is 1. The number of aromatic nitrogens is 6. The van der Waals surface area contributed by atoms with Crippen molar-refractivity contribution in [3.8, 4) is 17.5 Å². The van der Waals surface area contributed by atoms with E-state index in [1.165, 1.54) is 0 Å². The molecule has 0 aliphatic rings. The summed E-state index contributed by atoms with van der Waals surface area (Å²) in [6.45, 7) is 1.65. The normalized spacial score (nSPS) is 11.0. The fourth-order valence-electron chi connectivity index (χ4n) is 2.52. The maximum Gasteiger partial charge on any atom is 0.301 e. The Morgan fingerprint density at radius 2 is 1.96 bits per heavy atom. The lowest BCUT2D eigenvalue weighted by Gasteiger charge is -2.01. The van der Waals surface area contributed by atoms with Crippen LogP contribution >= 0.6 is 0 Å². The second-order valence-corrected chi connectivity index (χ2v) is 5.17. The molecule has 0 unspecified atom stereocenters. The fraction of sp³-hybridized carbons (Fsp3) is 0.0667. The predicted molar refractivity (Wildman–Crippen MR) is 84.4 cm³/mol. The van der Waals surface area contributed by atoms with E-state index in [2.05, 4.69) is 25.3 Å². The lowest BCUT2D eigenvalue weighted by Crippen LogP contribution is -2.24. The molecule has 0 bridgehead atoms. The molecule has 0 aliphatic heterocycles. The molecule has 116 valence electrons. The minimum Gasteiger partial charge on any atom is -0.319 e. The highest BCUT2D eigenvalue weighted by Gasteiger charge is 2.19. The van der Waals surface area contributed by atoms with Gasteiger partial charge in [0, 0.05) is 0 Å². The summed E-state index contributed by atoms with van der Waals surface area (Å²) in [5, 5.41) is 19.6. The smallest absolute Gasteiger partial charge is 0.301 e. The third-order valence-corrected chi connectivity index (χ3v) is 3.68. The van der Waals surface area contributed by atoms with Gasteiger partial charge in [0.15, 0.2) is 17.0 Å². The van der Waals surface area contributed by atoms with Crippen LogP contribution in [0, 0.1) is 18.3 Å². The minimum absolute atomic E-state index is 0.112. The average molecular weight is 319 g/mol. The van der Waals surface area contributed by atoms with Crippen molar-refractivity contribution in [2.24, 2.45) is 0 Å². The Balaban J connectivity index is 2.06.